The van der Waals surface area contributed by atoms with E-state index < -0.39 is 0 Å². The van der Waals surface area contributed by atoms with Crippen LogP contribution in [0.15, 0.2) is 216 Å². The molecule has 0 atom stereocenters. The Morgan fingerprint density at radius 1 is 0.344 bits per heavy atom. The lowest BCUT2D eigenvalue weighted by Gasteiger charge is -2.21. The smallest absolute Gasteiger partial charge is 0.164 e. The third-order valence-electron chi connectivity index (χ3n) is 12.8. The average molecular weight is 835 g/mol. The average Bonchev–Trinajstić information content (AvgIpc) is 4.01. The number of fused-ring (bicyclic) bond motifs is 11. The third-order valence-corrected chi connectivity index (χ3v) is 13.9. The van der Waals surface area contributed by atoms with Crippen LogP contribution in [0.4, 0.5) is 0 Å². The predicted octanol–water partition coefficient (Wildman–Crippen LogP) is 14.6. The summed E-state index contributed by atoms with van der Waals surface area (Å²) >= 11 is 1.85. The van der Waals surface area contributed by atoms with Gasteiger partial charge in [-0.1, -0.05) is 151 Å². The molecule has 0 aliphatic carbocycles. The van der Waals surface area contributed by atoms with Gasteiger partial charge in [-0.2, -0.15) is 0 Å². The minimum atomic E-state index is 0.607. The Kier molecular flexibility index (Phi) is 7.52. The van der Waals surface area contributed by atoms with E-state index in [4.69, 9.17) is 15.0 Å². The van der Waals surface area contributed by atoms with Gasteiger partial charge in [0.25, 0.3) is 0 Å². The molecule has 0 spiro atoms. The van der Waals surface area contributed by atoms with Crippen molar-refractivity contribution in [2.24, 2.45) is 0 Å². The van der Waals surface area contributed by atoms with Gasteiger partial charge in [0.1, 0.15) is 5.65 Å². The highest BCUT2D eigenvalue weighted by atomic mass is 32.2. The topological polar surface area (TPSA) is 53.5 Å². The summed E-state index contributed by atoms with van der Waals surface area (Å²) < 4.78 is 7.23. The molecule has 9 aromatic carbocycles. The van der Waals surface area contributed by atoms with Crippen LogP contribution in [-0.2, 0) is 0 Å². The molecule has 0 unspecified atom stereocenters. The molecule has 1 aliphatic rings. The molecule has 7 heteroatoms. The van der Waals surface area contributed by atoms with Crippen molar-refractivity contribution in [2.75, 3.05) is 0 Å². The molecule has 6 nitrogen and oxygen atoms in total. The standard InChI is InChI=1S/C57H34N6S/c1-2-15-36-32-39(31-30-35(36)14-1)56-59-54(37-16-11-18-40(33-37)61-46-24-6-3-20-42(46)43-21-4-7-25-47(43)61)58-55(60-56)38-17-12-19-41(34-38)62-48-26-8-5-22-44(48)52-45-23-13-29-51-53(45)63(57(52)62)49-27-9-10-28-50(49)64-51/h1-34H. The van der Waals surface area contributed by atoms with Gasteiger partial charge in [-0.25, -0.2) is 15.0 Å². The Balaban J connectivity index is 0.990. The zero-order chi connectivity index (χ0) is 41.9. The first-order valence-electron chi connectivity index (χ1n) is 21.5. The van der Waals surface area contributed by atoms with Crippen LogP contribution in [0.1, 0.15) is 0 Å². The molecule has 64 heavy (non-hydrogen) atoms. The summed E-state index contributed by atoms with van der Waals surface area (Å²) in [6.07, 6.45) is 0. The van der Waals surface area contributed by atoms with E-state index in [1.165, 1.54) is 53.3 Å². The summed E-state index contributed by atoms with van der Waals surface area (Å²) in [6.45, 7) is 0. The number of benzene rings is 9. The van der Waals surface area contributed by atoms with Gasteiger partial charge in [0, 0.05) is 64.8 Å². The highest BCUT2D eigenvalue weighted by Crippen LogP contribution is 2.49. The summed E-state index contributed by atoms with van der Waals surface area (Å²) in [5.41, 5.74) is 11.8. The van der Waals surface area contributed by atoms with E-state index >= 15 is 0 Å². The van der Waals surface area contributed by atoms with Crippen molar-refractivity contribution < 1.29 is 0 Å². The fraction of sp³-hybridized carbons (Fsp3) is 0. The van der Waals surface area contributed by atoms with E-state index in [9.17, 15) is 0 Å². The normalized spacial score (nSPS) is 12.3. The quantitative estimate of drug-likeness (QED) is 0.173. The number of para-hydroxylation sites is 5. The first-order valence-corrected chi connectivity index (χ1v) is 22.3. The Bertz CT molecular complexity index is 4030. The van der Waals surface area contributed by atoms with Gasteiger partial charge in [0.15, 0.2) is 17.5 Å². The maximum absolute atomic E-state index is 5.33. The molecular formula is C57H34N6S. The number of hydrogen-bond donors (Lipinski definition) is 0. The molecule has 14 rings (SSSR count). The fourth-order valence-electron chi connectivity index (χ4n) is 10.0. The molecule has 298 valence electrons. The summed E-state index contributed by atoms with van der Waals surface area (Å²) in [5.74, 6) is 1.84. The second-order valence-electron chi connectivity index (χ2n) is 16.4. The minimum Gasteiger partial charge on any atom is -0.309 e. The Hall–Kier alpha value is -8.26. The second kappa shape index (κ2) is 13.6. The SMILES string of the molecule is c1cc(-c2nc(-c3cccc(-n4c5ccccc5c5c6cccc7c6n(c54)-c4ccccc4S7)c3)nc(-c3ccc4ccccc4c3)n2)cc(-n2c3ccccc3c3ccccc32)c1. The highest BCUT2D eigenvalue weighted by molar-refractivity contribution is 7.99. The largest absolute Gasteiger partial charge is 0.309 e. The van der Waals surface area contributed by atoms with Crippen molar-refractivity contribution in [3.05, 3.63) is 206 Å². The maximum Gasteiger partial charge on any atom is 0.164 e. The number of hydrogen-bond acceptors (Lipinski definition) is 4. The molecule has 0 saturated carbocycles. The molecule has 5 heterocycles. The minimum absolute atomic E-state index is 0.607. The lowest BCUT2D eigenvalue weighted by atomic mass is 10.1. The van der Waals surface area contributed by atoms with Crippen LogP contribution in [0.5, 0.6) is 0 Å². The fourth-order valence-corrected chi connectivity index (χ4v) is 11.1. The molecule has 0 N–H and O–H groups in total. The highest BCUT2D eigenvalue weighted by Gasteiger charge is 2.28. The number of nitrogens with zero attached hydrogens (tertiary/aromatic N) is 6. The van der Waals surface area contributed by atoms with Crippen LogP contribution < -0.4 is 0 Å². The zero-order valence-corrected chi connectivity index (χ0v) is 35.0. The van der Waals surface area contributed by atoms with Gasteiger partial charge in [-0.15, -0.1) is 0 Å². The van der Waals surface area contributed by atoms with E-state index in [0.29, 0.717) is 17.5 Å². The maximum atomic E-state index is 5.33. The van der Waals surface area contributed by atoms with Crippen LogP contribution in [0.3, 0.4) is 0 Å². The third kappa shape index (κ3) is 5.19. The van der Waals surface area contributed by atoms with Crippen LogP contribution in [0.25, 0.3) is 117 Å². The molecule has 13 aromatic rings. The lowest BCUT2D eigenvalue weighted by molar-refractivity contribution is 1.02. The predicted molar refractivity (Wildman–Crippen MR) is 263 cm³/mol. The Labute approximate surface area is 371 Å². The molecular weight excluding hydrogens is 801 g/mol. The van der Waals surface area contributed by atoms with Gasteiger partial charge >= 0.3 is 0 Å². The zero-order valence-electron chi connectivity index (χ0n) is 34.2. The Morgan fingerprint density at radius 2 is 0.859 bits per heavy atom. The van der Waals surface area contributed by atoms with Gasteiger partial charge in [0.2, 0.25) is 0 Å². The van der Waals surface area contributed by atoms with Crippen molar-refractivity contribution in [2.45, 2.75) is 9.79 Å². The van der Waals surface area contributed by atoms with E-state index in [1.807, 2.05) is 11.8 Å². The molecule has 0 saturated heterocycles. The summed E-state index contributed by atoms with van der Waals surface area (Å²) in [7, 11) is 0. The number of aromatic nitrogens is 6. The monoisotopic (exact) mass is 834 g/mol. The van der Waals surface area contributed by atoms with Crippen LogP contribution in [0.2, 0.25) is 0 Å². The van der Waals surface area contributed by atoms with Gasteiger partial charge in [-0.05, 0) is 77.5 Å². The van der Waals surface area contributed by atoms with Crippen molar-refractivity contribution in [3.8, 4) is 51.2 Å². The van der Waals surface area contributed by atoms with Gasteiger partial charge < -0.3 is 4.57 Å². The Morgan fingerprint density at radius 3 is 1.56 bits per heavy atom. The van der Waals surface area contributed by atoms with Crippen molar-refractivity contribution >= 4 is 77.2 Å². The second-order valence-corrected chi connectivity index (χ2v) is 17.5. The number of rotatable bonds is 5. The van der Waals surface area contributed by atoms with Crippen molar-refractivity contribution in [1.29, 1.82) is 0 Å². The molecule has 0 radical (unpaired) electrons. The van der Waals surface area contributed by atoms with Gasteiger partial charge in [-0.3, -0.25) is 9.13 Å². The van der Waals surface area contributed by atoms with Crippen molar-refractivity contribution in [3.63, 3.8) is 0 Å². The van der Waals surface area contributed by atoms with Crippen LogP contribution >= 0.6 is 11.8 Å². The lowest BCUT2D eigenvalue weighted by Crippen LogP contribution is -2.06. The molecule has 0 amide bonds. The van der Waals surface area contributed by atoms with Crippen LogP contribution in [0, 0.1) is 0 Å². The molecule has 4 aromatic heterocycles. The molecule has 1 aliphatic heterocycles. The van der Waals surface area contributed by atoms with Crippen LogP contribution in [-0.4, -0.2) is 28.7 Å². The van der Waals surface area contributed by atoms with E-state index in [1.54, 1.807) is 0 Å². The van der Waals surface area contributed by atoms with E-state index in [0.717, 1.165) is 55.6 Å². The first kappa shape index (κ1) is 35.3. The van der Waals surface area contributed by atoms with Gasteiger partial charge in [0.05, 0.1) is 27.8 Å². The van der Waals surface area contributed by atoms with E-state index in [2.05, 4.69) is 220 Å². The summed E-state index contributed by atoms with van der Waals surface area (Å²) in [5, 5.41) is 8.47. The van der Waals surface area contributed by atoms with Crippen molar-refractivity contribution in [1.82, 2.24) is 28.7 Å². The summed E-state index contributed by atoms with van der Waals surface area (Å²) in [6, 6.07) is 73.6. The molecule has 0 bridgehead atoms. The van der Waals surface area contributed by atoms with E-state index in [-0.39, 0.29) is 0 Å². The summed E-state index contributed by atoms with van der Waals surface area (Å²) in [4.78, 5) is 18.4. The molecule has 0 fully saturated rings. The first-order chi connectivity index (χ1) is 31.7.